The Bertz CT molecular complexity index is 644. The average molecular weight is 264 g/mol. The zero-order valence-electron chi connectivity index (χ0n) is 10.0. The van der Waals surface area contributed by atoms with E-state index < -0.39 is 5.97 Å². The maximum Gasteiger partial charge on any atom is 0.337 e. The van der Waals surface area contributed by atoms with Gasteiger partial charge >= 0.3 is 5.97 Å². The molecule has 0 aromatic carbocycles. The number of thiazole rings is 1. The Balaban J connectivity index is 2.57. The maximum atomic E-state index is 11.9. The Morgan fingerprint density at radius 2 is 2.22 bits per heavy atom. The molecular formula is C12H12N2O3S. The topological polar surface area (TPSA) is 72.2 Å². The number of carboxylic acids is 1. The molecular weight excluding hydrogens is 252 g/mol. The number of hydrogen-bond acceptors (Lipinski definition) is 4. The van der Waals surface area contributed by atoms with E-state index in [1.165, 1.54) is 22.0 Å². The molecule has 2 aromatic rings. The Labute approximate surface area is 107 Å². The van der Waals surface area contributed by atoms with Crippen molar-refractivity contribution in [1.82, 2.24) is 9.55 Å². The summed E-state index contributed by atoms with van der Waals surface area (Å²) in [5.74, 6) is -1.02. The second kappa shape index (κ2) is 4.73. The lowest BCUT2D eigenvalue weighted by atomic mass is 10.1. The SMILES string of the molecule is Cc1cc(=O)n(Cc2cscn2)c(C)c1C(=O)O. The van der Waals surface area contributed by atoms with Crippen molar-refractivity contribution in [2.24, 2.45) is 0 Å². The van der Waals surface area contributed by atoms with Crippen LogP contribution < -0.4 is 5.56 Å². The highest BCUT2D eigenvalue weighted by atomic mass is 32.1. The number of rotatable bonds is 3. The molecule has 0 aliphatic heterocycles. The summed E-state index contributed by atoms with van der Waals surface area (Å²) in [6, 6.07) is 1.35. The van der Waals surface area contributed by atoms with Gasteiger partial charge in [0.1, 0.15) is 0 Å². The summed E-state index contributed by atoms with van der Waals surface area (Å²) in [6.07, 6.45) is 0. The van der Waals surface area contributed by atoms with Crippen LogP contribution in [-0.2, 0) is 6.54 Å². The van der Waals surface area contributed by atoms with Crippen LogP contribution in [0.4, 0.5) is 0 Å². The van der Waals surface area contributed by atoms with Gasteiger partial charge in [0.25, 0.3) is 5.56 Å². The van der Waals surface area contributed by atoms with E-state index in [2.05, 4.69) is 4.98 Å². The second-order valence-electron chi connectivity index (χ2n) is 4.00. The number of pyridine rings is 1. The summed E-state index contributed by atoms with van der Waals surface area (Å²) in [5, 5.41) is 11.0. The molecule has 0 fully saturated rings. The van der Waals surface area contributed by atoms with Gasteiger partial charge < -0.3 is 9.67 Å². The molecule has 0 aliphatic rings. The van der Waals surface area contributed by atoms with Gasteiger partial charge in [-0.3, -0.25) is 4.79 Å². The molecule has 1 N–H and O–H groups in total. The van der Waals surface area contributed by atoms with Gasteiger partial charge in [0.05, 0.1) is 23.3 Å². The molecule has 0 amide bonds. The number of nitrogens with zero attached hydrogens (tertiary/aromatic N) is 2. The molecule has 2 aromatic heterocycles. The molecule has 2 rings (SSSR count). The first-order valence-corrected chi connectivity index (χ1v) is 6.26. The van der Waals surface area contributed by atoms with Gasteiger partial charge in [-0.05, 0) is 19.4 Å². The van der Waals surface area contributed by atoms with E-state index in [0.717, 1.165) is 5.69 Å². The van der Waals surface area contributed by atoms with Gasteiger partial charge in [0.15, 0.2) is 0 Å². The van der Waals surface area contributed by atoms with Crippen molar-refractivity contribution >= 4 is 17.3 Å². The molecule has 0 saturated carbocycles. The third-order valence-electron chi connectivity index (χ3n) is 2.78. The van der Waals surface area contributed by atoms with E-state index in [1.54, 1.807) is 19.4 Å². The predicted octanol–water partition coefficient (Wildman–Crippen LogP) is 1.67. The van der Waals surface area contributed by atoms with Gasteiger partial charge in [0, 0.05) is 17.1 Å². The molecule has 18 heavy (non-hydrogen) atoms. The lowest BCUT2D eigenvalue weighted by Crippen LogP contribution is -2.26. The number of hydrogen-bond donors (Lipinski definition) is 1. The molecule has 2 heterocycles. The monoisotopic (exact) mass is 264 g/mol. The lowest BCUT2D eigenvalue weighted by Gasteiger charge is -2.12. The Morgan fingerprint density at radius 3 is 2.78 bits per heavy atom. The molecule has 0 radical (unpaired) electrons. The van der Waals surface area contributed by atoms with Crippen molar-refractivity contribution in [2.75, 3.05) is 0 Å². The third-order valence-corrected chi connectivity index (χ3v) is 3.42. The number of aryl methyl sites for hydroxylation is 1. The summed E-state index contributed by atoms with van der Waals surface area (Å²) in [6.45, 7) is 3.57. The van der Waals surface area contributed by atoms with Gasteiger partial charge in [-0.1, -0.05) is 0 Å². The summed E-state index contributed by atoms with van der Waals surface area (Å²) in [7, 11) is 0. The quantitative estimate of drug-likeness (QED) is 0.915. The van der Waals surface area contributed by atoms with E-state index in [-0.39, 0.29) is 11.1 Å². The van der Waals surface area contributed by atoms with Crippen LogP contribution in [0, 0.1) is 13.8 Å². The van der Waals surface area contributed by atoms with Crippen molar-refractivity contribution < 1.29 is 9.90 Å². The Hall–Kier alpha value is -1.95. The molecule has 6 heteroatoms. The highest BCUT2D eigenvalue weighted by Gasteiger charge is 2.16. The molecule has 0 saturated heterocycles. The van der Waals surface area contributed by atoms with Crippen molar-refractivity contribution in [3.63, 3.8) is 0 Å². The fourth-order valence-corrected chi connectivity index (χ4v) is 2.47. The molecule has 5 nitrogen and oxygen atoms in total. The van der Waals surface area contributed by atoms with Gasteiger partial charge in [0.2, 0.25) is 0 Å². The minimum Gasteiger partial charge on any atom is -0.478 e. The van der Waals surface area contributed by atoms with E-state index in [1.807, 2.05) is 5.38 Å². The smallest absolute Gasteiger partial charge is 0.337 e. The van der Waals surface area contributed by atoms with Gasteiger partial charge in [-0.25, -0.2) is 9.78 Å². The van der Waals surface area contributed by atoms with E-state index >= 15 is 0 Å². The second-order valence-corrected chi connectivity index (χ2v) is 4.72. The van der Waals surface area contributed by atoms with Gasteiger partial charge in [-0.2, -0.15) is 0 Å². The highest BCUT2D eigenvalue weighted by Crippen LogP contribution is 2.13. The fraction of sp³-hybridized carbons (Fsp3) is 0.250. The Morgan fingerprint density at radius 1 is 1.50 bits per heavy atom. The van der Waals surface area contributed by atoms with Crippen LogP contribution >= 0.6 is 11.3 Å². The van der Waals surface area contributed by atoms with Crippen LogP contribution in [-0.4, -0.2) is 20.6 Å². The molecule has 0 spiro atoms. The van der Waals surface area contributed by atoms with E-state index in [0.29, 0.717) is 17.8 Å². The van der Waals surface area contributed by atoms with Crippen molar-refractivity contribution in [1.29, 1.82) is 0 Å². The van der Waals surface area contributed by atoms with Crippen molar-refractivity contribution in [2.45, 2.75) is 20.4 Å². The van der Waals surface area contributed by atoms with Crippen LogP contribution in [0.1, 0.15) is 27.3 Å². The molecule has 0 unspecified atom stereocenters. The molecule has 94 valence electrons. The first-order valence-electron chi connectivity index (χ1n) is 5.32. The van der Waals surface area contributed by atoms with Crippen LogP contribution in [0.5, 0.6) is 0 Å². The standard InChI is InChI=1S/C12H12N2O3S/c1-7-3-10(15)14(4-9-5-18-6-13-9)8(2)11(7)12(16)17/h3,5-6H,4H2,1-2H3,(H,16,17). The first kappa shape index (κ1) is 12.5. The lowest BCUT2D eigenvalue weighted by molar-refractivity contribution is 0.0694. The minimum absolute atomic E-state index is 0.185. The summed E-state index contributed by atoms with van der Waals surface area (Å²) < 4.78 is 1.44. The summed E-state index contributed by atoms with van der Waals surface area (Å²) in [5.41, 5.74) is 3.36. The molecule has 0 aliphatic carbocycles. The summed E-state index contributed by atoms with van der Waals surface area (Å²) >= 11 is 1.44. The first-order chi connectivity index (χ1) is 8.50. The fourth-order valence-electron chi connectivity index (χ4n) is 1.92. The number of aromatic nitrogens is 2. The van der Waals surface area contributed by atoms with Gasteiger partial charge in [-0.15, -0.1) is 11.3 Å². The van der Waals surface area contributed by atoms with Crippen molar-refractivity contribution in [3.8, 4) is 0 Å². The van der Waals surface area contributed by atoms with E-state index in [9.17, 15) is 9.59 Å². The maximum absolute atomic E-state index is 11.9. The van der Waals surface area contributed by atoms with Crippen LogP contribution in [0.2, 0.25) is 0 Å². The largest absolute Gasteiger partial charge is 0.478 e. The predicted molar refractivity (Wildman–Crippen MR) is 68.4 cm³/mol. The summed E-state index contributed by atoms with van der Waals surface area (Å²) in [4.78, 5) is 27.2. The molecule has 0 atom stereocenters. The highest BCUT2D eigenvalue weighted by molar-refractivity contribution is 7.07. The zero-order chi connectivity index (χ0) is 13.3. The Kier molecular flexibility index (Phi) is 3.29. The third kappa shape index (κ3) is 2.19. The van der Waals surface area contributed by atoms with Crippen molar-refractivity contribution in [3.05, 3.63) is 49.8 Å². The normalized spacial score (nSPS) is 10.6. The number of carbonyl (C=O) groups is 1. The average Bonchev–Trinajstić information content (AvgIpc) is 2.75. The van der Waals surface area contributed by atoms with Crippen LogP contribution in [0.3, 0.4) is 0 Å². The van der Waals surface area contributed by atoms with E-state index in [4.69, 9.17) is 5.11 Å². The molecule has 0 bridgehead atoms. The van der Waals surface area contributed by atoms with Crippen LogP contribution in [0.15, 0.2) is 21.8 Å². The number of aromatic carboxylic acids is 1. The number of carboxylic acid groups (broad SMARTS) is 1. The van der Waals surface area contributed by atoms with Crippen LogP contribution in [0.25, 0.3) is 0 Å². The minimum atomic E-state index is -1.02. The zero-order valence-corrected chi connectivity index (χ0v) is 10.8.